The van der Waals surface area contributed by atoms with Crippen molar-refractivity contribution in [3.8, 4) is 0 Å². The SMILES string of the molecule is c1ccc(C2=Nc3ccccc3C23CCCC3)cc1. The Labute approximate surface area is 114 Å². The molecule has 0 aromatic heterocycles. The Balaban J connectivity index is 1.92. The van der Waals surface area contributed by atoms with Gasteiger partial charge in [0.05, 0.1) is 11.4 Å². The first-order valence-corrected chi connectivity index (χ1v) is 7.14. The molecule has 0 N–H and O–H groups in total. The standard InChI is InChI=1S/C18H17N/c1-2-8-14(9-3-1)17-18(12-6-7-13-18)15-10-4-5-11-16(15)19-17/h1-5,8-11H,6-7,12-13H2. The van der Waals surface area contributed by atoms with Crippen molar-refractivity contribution >= 4 is 11.4 Å². The minimum Gasteiger partial charge on any atom is -0.252 e. The van der Waals surface area contributed by atoms with Crippen LogP contribution in [0.15, 0.2) is 59.6 Å². The molecule has 1 heterocycles. The van der Waals surface area contributed by atoms with Gasteiger partial charge in [0, 0.05) is 5.41 Å². The molecule has 1 aliphatic heterocycles. The molecule has 1 nitrogen and oxygen atoms in total. The van der Waals surface area contributed by atoms with Crippen LogP contribution in [0.5, 0.6) is 0 Å². The Kier molecular flexibility index (Phi) is 2.34. The number of hydrogen-bond acceptors (Lipinski definition) is 1. The van der Waals surface area contributed by atoms with E-state index in [-0.39, 0.29) is 5.41 Å². The predicted octanol–water partition coefficient (Wildman–Crippen LogP) is 4.63. The van der Waals surface area contributed by atoms with Crippen molar-refractivity contribution in [1.82, 2.24) is 0 Å². The van der Waals surface area contributed by atoms with Crippen molar-refractivity contribution in [2.75, 3.05) is 0 Å². The number of para-hydroxylation sites is 1. The first-order valence-electron chi connectivity index (χ1n) is 7.14. The molecule has 0 radical (unpaired) electrons. The third kappa shape index (κ3) is 1.51. The van der Waals surface area contributed by atoms with Crippen molar-refractivity contribution in [3.05, 3.63) is 65.7 Å². The van der Waals surface area contributed by atoms with E-state index in [1.165, 1.54) is 48.2 Å². The minimum absolute atomic E-state index is 0.192. The molecule has 94 valence electrons. The van der Waals surface area contributed by atoms with Gasteiger partial charge in [-0.1, -0.05) is 61.4 Å². The van der Waals surface area contributed by atoms with Gasteiger partial charge < -0.3 is 0 Å². The van der Waals surface area contributed by atoms with Crippen LogP contribution in [0.3, 0.4) is 0 Å². The largest absolute Gasteiger partial charge is 0.252 e. The Morgan fingerprint density at radius 1 is 0.789 bits per heavy atom. The summed E-state index contributed by atoms with van der Waals surface area (Å²) < 4.78 is 0. The lowest BCUT2D eigenvalue weighted by molar-refractivity contribution is 0.613. The van der Waals surface area contributed by atoms with Crippen LogP contribution in [0.1, 0.15) is 36.8 Å². The molecule has 1 aliphatic carbocycles. The third-order valence-corrected chi connectivity index (χ3v) is 4.61. The molecular weight excluding hydrogens is 230 g/mol. The van der Waals surface area contributed by atoms with Gasteiger partial charge in [0.25, 0.3) is 0 Å². The number of fused-ring (bicyclic) bond motifs is 2. The van der Waals surface area contributed by atoms with Crippen LogP contribution < -0.4 is 0 Å². The van der Waals surface area contributed by atoms with Crippen LogP contribution in [0.25, 0.3) is 0 Å². The summed E-state index contributed by atoms with van der Waals surface area (Å²) in [6, 6.07) is 19.4. The molecule has 1 heteroatoms. The van der Waals surface area contributed by atoms with Crippen molar-refractivity contribution in [3.63, 3.8) is 0 Å². The minimum atomic E-state index is 0.192. The lowest BCUT2D eigenvalue weighted by atomic mass is 9.74. The lowest BCUT2D eigenvalue weighted by Gasteiger charge is -2.27. The molecule has 0 unspecified atom stereocenters. The maximum atomic E-state index is 4.97. The molecule has 2 aromatic rings. The van der Waals surface area contributed by atoms with Gasteiger partial charge in [-0.2, -0.15) is 0 Å². The summed E-state index contributed by atoms with van der Waals surface area (Å²) in [6.07, 6.45) is 5.13. The normalized spacial score (nSPS) is 19.5. The molecule has 4 rings (SSSR count). The van der Waals surface area contributed by atoms with E-state index in [4.69, 9.17) is 4.99 Å². The second-order valence-electron chi connectivity index (χ2n) is 5.63. The van der Waals surface area contributed by atoms with E-state index in [2.05, 4.69) is 54.6 Å². The summed E-state index contributed by atoms with van der Waals surface area (Å²) >= 11 is 0. The number of nitrogens with zero attached hydrogens (tertiary/aromatic N) is 1. The van der Waals surface area contributed by atoms with Gasteiger partial charge in [-0.25, -0.2) is 0 Å². The Hall–Kier alpha value is -1.89. The quantitative estimate of drug-likeness (QED) is 0.696. The van der Waals surface area contributed by atoms with Crippen molar-refractivity contribution in [2.24, 2.45) is 4.99 Å². The van der Waals surface area contributed by atoms with E-state index in [0.717, 1.165) is 0 Å². The highest BCUT2D eigenvalue weighted by Gasteiger charge is 2.45. The summed E-state index contributed by atoms with van der Waals surface area (Å²) in [7, 11) is 0. The second-order valence-corrected chi connectivity index (χ2v) is 5.63. The van der Waals surface area contributed by atoms with Gasteiger partial charge in [0.15, 0.2) is 0 Å². The zero-order chi connectivity index (χ0) is 12.7. The highest BCUT2D eigenvalue weighted by atomic mass is 14.8. The fourth-order valence-corrected chi connectivity index (χ4v) is 3.75. The van der Waals surface area contributed by atoms with E-state index < -0.39 is 0 Å². The zero-order valence-corrected chi connectivity index (χ0v) is 11.0. The Bertz CT molecular complexity index is 634. The summed E-state index contributed by atoms with van der Waals surface area (Å²) in [5.41, 5.74) is 5.42. The van der Waals surface area contributed by atoms with Gasteiger partial charge >= 0.3 is 0 Å². The van der Waals surface area contributed by atoms with Gasteiger partial charge in [-0.3, -0.25) is 4.99 Å². The van der Waals surface area contributed by atoms with Gasteiger partial charge in [-0.05, 0) is 30.0 Å². The highest BCUT2D eigenvalue weighted by molar-refractivity contribution is 6.12. The molecule has 0 bridgehead atoms. The predicted molar refractivity (Wildman–Crippen MR) is 79.2 cm³/mol. The lowest BCUT2D eigenvalue weighted by Crippen LogP contribution is -2.30. The summed E-state index contributed by atoms with van der Waals surface area (Å²) in [6.45, 7) is 0. The first-order chi connectivity index (χ1) is 9.40. The van der Waals surface area contributed by atoms with E-state index in [0.29, 0.717) is 0 Å². The third-order valence-electron chi connectivity index (χ3n) is 4.61. The topological polar surface area (TPSA) is 12.4 Å². The van der Waals surface area contributed by atoms with Crippen molar-refractivity contribution in [2.45, 2.75) is 31.1 Å². The Morgan fingerprint density at radius 2 is 1.47 bits per heavy atom. The molecule has 1 fully saturated rings. The average Bonchev–Trinajstić information content (AvgIpc) is 3.08. The zero-order valence-electron chi connectivity index (χ0n) is 11.0. The Morgan fingerprint density at radius 3 is 2.26 bits per heavy atom. The molecule has 0 saturated heterocycles. The summed E-state index contributed by atoms with van der Waals surface area (Å²) in [4.78, 5) is 4.97. The maximum Gasteiger partial charge on any atom is 0.0675 e. The van der Waals surface area contributed by atoms with E-state index in [1.54, 1.807) is 0 Å². The van der Waals surface area contributed by atoms with Crippen LogP contribution in [-0.2, 0) is 5.41 Å². The molecule has 0 amide bonds. The van der Waals surface area contributed by atoms with Crippen LogP contribution >= 0.6 is 0 Å². The number of hydrogen-bond donors (Lipinski definition) is 0. The molecule has 2 aromatic carbocycles. The van der Waals surface area contributed by atoms with Crippen LogP contribution in [-0.4, -0.2) is 5.71 Å². The maximum absolute atomic E-state index is 4.97. The smallest absolute Gasteiger partial charge is 0.0675 e. The monoisotopic (exact) mass is 247 g/mol. The number of rotatable bonds is 1. The van der Waals surface area contributed by atoms with Gasteiger partial charge in [0.1, 0.15) is 0 Å². The second kappa shape index (κ2) is 4.06. The van der Waals surface area contributed by atoms with E-state index in [1.807, 2.05) is 0 Å². The molecular formula is C18H17N. The molecule has 2 aliphatic rings. The molecule has 0 atom stereocenters. The molecule has 1 spiro atoms. The van der Waals surface area contributed by atoms with E-state index >= 15 is 0 Å². The van der Waals surface area contributed by atoms with Crippen molar-refractivity contribution < 1.29 is 0 Å². The highest BCUT2D eigenvalue weighted by Crippen LogP contribution is 2.51. The molecule has 19 heavy (non-hydrogen) atoms. The summed E-state index contributed by atoms with van der Waals surface area (Å²) in [5, 5.41) is 0. The average molecular weight is 247 g/mol. The fourth-order valence-electron chi connectivity index (χ4n) is 3.75. The fraction of sp³-hybridized carbons (Fsp3) is 0.278. The van der Waals surface area contributed by atoms with Gasteiger partial charge in [-0.15, -0.1) is 0 Å². The number of benzene rings is 2. The van der Waals surface area contributed by atoms with E-state index in [9.17, 15) is 0 Å². The van der Waals surface area contributed by atoms with Crippen LogP contribution in [0.4, 0.5) is 5.69 Å². The first kappa shape index (κ1) is 11.0. The van der Waals surface area contributed by atoms with Gasteiger partial charge in [0.2, 0.25) is 0 Å². The van der Waals surface area contributed by atoms with Crippen molar-refractivity contribution in [1.29, 1.82) is 0 Å². The van der Waals surface area contributed by atoms with Crippen LogP contribution in [0.2, 0.25) is 0 Å². The molecule has 1 saturated carbocycles. The number of aliphatic imine (C=N–C) groups is 1. The summed E-state index contributed by atoms with van der Waals surface area (Å²) in [5.74, 6) is 0. The van der Waals surface area contributed by atoms with Crippen LogP contribution in [0, 0.1) is 0 Å².